The number of rotatable bonds is 4. The summed E-state index contributed by atoms with van der Waals surface area (Å²) in [5.74, 6) is 0.417. The summed E-state index contributed by atoms with van der Waals surface area (Å²) in [6, 6.07) is 0. The lowest BCUT2D eigenvalue weighted by molar-refractivity contribution is 0.259. The predicted molar refractivity (Wildman–Crippen MR) is 34.2 cm³/mol. The summed E-state index contributed by atoms with van der Waals surface area (Å²) in [5, 5.41) is 8.42. The fourth-order valence-electron chi connectivity index (χ4n) is 0.563. The van der Waals surface area contributed by atoms with Crippen LogP contribution in [0.4, 0.5) is 0 Å². The Morgan fingerprint density at radius 2 is 2.25 bits per heavy atom. The number of hydrogen-bond donors (Lipinski definition) is 2. The van der Waals surface area contributed by atoms with Gasteiger partial charge >= 0.3 is 0 Å². The van der Waals surface area contributed by atoms with Crippen molar-refractivity contribution in [3.05, 3.63) is 6.92 Å². The van der Waals surface area contributed by atoms with Crippen LogP contribution in [0, 0.1) is 12.8 Å². The maximum Gasteiger partial charge on any atom is 0.0434 e. The molecule has 0 spiro atoms. The van der Waals surface area contributed by atoms with Crippen molar-refractivity contribution in [2.45, 2.75) is 12.8 Å². The van der Waals surface area contributed by atoms with Crippen molar-refractivity contribution in [1.82, 2.24) is 0 Å². The van der Waals surface area contributed by atoms with Gasteiger partial charge in [-0.3, -0.25) is 0 Å². The van der Waals surface area contributed by atoms with E-state index in [9.17, 15) is 0 Å². The van der Waals surface area contributed by atoms with Crippen molar-refractivity contribution in [3.8, 4) is 0 Å². The first-order valence-electron chi connectivity index (χ1n) is 2.95. The SMILES string of the molecule is [CH2]CC(CN)CCO. The number of hydrogen-bond acceptors (Lipinski definition) is 2. The molecule has 1 radical (unpaired) electrons. The highest BCUT2D eigenvalue weighted by molar-refractivity contribution is 4.59. The van der Waals surface area contributed by atoms with Gasteiger partial charge in [0.1, 0.15) is 0 Å². The Morgan fingerprint density at radius 1 is 1.62 bits per heavy atom. The third-order valence-electron chi connectivity index (χ3n) is 1.28. The molecule has 1 unspecified atom stereocenters. The van der Waals surface area contributed by atoms with Crippen molar-refractivity contribution < 1.29 is 5.11 Å². The first-order valence-corrected chi connectivity index (χ1v) is 2.95. The molecule has 1 atom stereocenters. The van der Waals surface area contributed by atoms with Gasteiger partial charge in [-0.15, -0.1) is 0 Å². The van der Waals surface area contributed by atoms with E-state index < -0.39 is 0 Å². The minimum atomic E-state index is 0.234. The van der Waals surface area contributed by atoms with Crippen molar-refractivity contribution in [2.75, 3.05) is 13.2 Å². The Kier molecular flexibility index (Phi) is 5.01. The minimum absolute atomic E-state index is 0.234. The zero-order valence-electron chi connectivity index (χ0n) is 5.14. The average molecular weight is 116 g/mol. The Labute approximate surface area is 50.7 Å². The standard InChI is InChI=1S/C6H14NO/c1-2-6(5-7)3-4-8/h6,8H,1-5,7H2. The summed E-state index contributed by atoms with van der Waals surface area (Å²) in [4.78, 5) is 0. The Morgan fingerprint density at radius 3 is 2.38 bits per heavy atom. The van der Waals surface area contributed by atoms with Crippen LogP contribution in [-0.4, -0.2) is 18.3 Å². The Hall–Kier alpha value is -0.0800. The van der Waals surface area contributed by atoms with Gasteiger partial charge in [-0.1, -0.05) is 6.92 Å². The lowest BCUT2D eigenvalue weighted by atomic mass is 10.0. The average Bonchev–Trinajstić information content (AvgIpc) is 1.83. The molecule has 0 aromatic heterocycles. The zero-order valence-corrected chi connectivity index (χ0v) is 5.14. The van der Waals surface area contributed by atoms with Gasteiger partial charge in [-0.05, 0) is 25.3 Å². The van der Waals surface area contributed by atoms with Crippen molar-refractivity contribution in [2.24, 2.45) is 11.7 Å². The first-order chi connectivity index (χ1) is 3.85. The minimum Gasteiger partial charge on any atom is -0.396 e. The highest BCUT2D eigenvalue weighted by atomic mass is 16.3. The second kappa shape index (κ2) is 5.06. The van der Waals surface area contributed by atoms with Crippen molar-refractivity contribution in [1.29, 1.82) is 0 Å². The molecule has 0 saturated heterocycles. The van der Waals surface area contributed by atoms with Crippen LogP contribution in [-0.2, 0) is 0 Å². The molecule has 0 rings (SSSR count). The fourth-order valence-corrected chi connectivity index (χ4v) is 0.563. The molecule has 0 aromatic rings. The molecule has 0 saturated carbocycles. The smallest absolute Gasteiger partial charge is 0.0434 e. The van der Waals surface area contributed by atoms with Gasteiger partial charge in [-0.2, -0.15) is 0 Å². The lowest BCUT2D eigenvalue weighted by Gasteiger charge is -2.07. The molecule has 3 N–H and O–H groups in total. The van der Waals surface area contributed by atoms with Crippen LogP contribution in [0.25, 0.3) is 0 Å². The van der Waals surface area contributed by atoms with Crippen LogP contribution >= 0.6 is 0 Å². The third-order valence-corrected chi connectivity index (χ3v) is 1.28. The summed E-state index contributed by atoms with van der Waals surface area (Å²) in [6.07, 6.45) is 1.62. The quantitative estimate of drug-likeness (QED) is 0.550. The van der Waals surface area contributed by atoms with Gasteiger partial charge < -0.3 is 10.8 Å². The maximum absolute atomic E-state index is 8.42. The van der Waals surface area contributed by atoms with Gasteiger partial charge in [0.25, 0.3) is 0 Å². The normalized spacial score (nSPS) is 13.9. The monoisotopic (exact) mass is 116 g/mol. The summed E-state index contributed by atoms with van der Waals surface area (Å²) >= 11 is 0. The summed E-state index contributed by atoms with van der Waals surface area (Å²) < 4.78 is 0. The van der Waals surface area contributed by atoms with Crippen molar-refractivity contribution >= 4 is 0 Å². The van der Waals surface area contributed by atoms with Crippen LogP contribution in [0.5, 0.6) is 0 Å². The van der Waals surface area contributed by atoms with E-state index in [1.54, 1.807) is 0 Å². The number of aliphatic hydroxyl groups is 1. The molecule has 0 aromatic carbocycles. The van der Waals surface area contributed by atoms with E-state index in [1.165, 1.54) is 0 Å². The molecule has 0 fully saturated rings. The molecule has 2 nitrogen and oxygen atoms in total. The summed E-state index contributed by atoms with van der Waals surface area (Å²) in [6.45, 7) is 4.56. The van der Waals surface area contributed by atoms with E-state index in [0.29, 0.717) is 12.5 Å². The highest BCUT2D eigenvalue weighted by Gasteiger charge is 1.99. The Balaban J connectivity index is 3.07. The molecular weight excluding hydrogens is 102 g/mol. The van der Waals surface area contributed by atoms with Gasteiger partial charge in [-0.25, -0.2) is 0 Å². The van der Waals surface area contributed by atoms with E-state index in [4.69, 9.17) is 10.8 Å². The molecule has 0 heterocycles. The predicted octanol–water partition coefficient (Wildman–Crippen LogP) is 0.168. The molecule has 0 aliphatic carbocycles. The molecule has 0 aliphatic rings. The van der Waals surface area contributed by atoms with Gasteiger partial charge in [0, 0.05) is 6.61 Å². The van der Waals surface area contributed by atoms with Gasteiger partial charge in [0.05, 0.1) is 0 Å². The van der Waals surface area contributed by atoms with E-state index in [0.717, 1.165) is 12.8 Å². The second-order valence-electron chi connectivity index (χ2n) is 1.90. The van der Waals surface area contributed by atoms with Gasteiger partial charge in [0.15, 0.2) is 0 Å². The molecule has 0 amide bonds. The Bertz CT molecular complexity index is 43.8. The molecule has 2 heteroatoms. The number of aliphatic hydroxyl groups excluding tert-OH is 1. The van der Waals surface area contributed by atoms with E-state index >= 15 is 0 Å². The van der Waals surface area contributed by atoms with Crippen LogP contribution in [0.2, 0.25) is 0 Å². The molecule has 49 valence electrons. The topological polar surface area (TPSA) is 46.2 Å². The molecule has 0 bridgehead atoms. The molecule has 8 heavy (non-hydrogen) atoms. The fraction of sp³-hybridized carbons (Fsp3) is 0.833. The maximum atomic E-state index is 8.42. The molecular formula is C6H14NO. The van der Waals surface area contributed by atoms with Crippen LogP contribution in [0.15, 0.2) is 0 Å². The highest BCUT2D eigenvalue weighted by Crippen LogP contribution is 2.02. The van der Waals surface area contributed by atoms with Crippen LogP contribution in [0.1, 0.15) is 12.8 Å². The second-order valence-corrected chi connectivity index (χ2v) is 1.90. The number of nitrogens with two attached hydrogens (primary N) is 1. The van der Waals surface area contributed by atoms with Gasteiger partial charge in [0.2, 0.25) is 0 Å². The molecule has 0 aliphatic heterocycles. The van der Waals surface area contributed by atoms with Crippen molar-refractivity contribution in [3.63, 3.8) is 0 Å². The summed E-state index contributed by atoms with van der Waals surface area (Å²) in [7, 11) is 0. The third kappa shape index (κ3) is 2.99. The lowest BCUT2D eigenvalue weighted by Crippen LogP contribution is -2.14. The van der Waals surface area contributed by atoms with E-state index in [1.807, 2.05) is 0 Å². The first kappa shape index (κ1) is 7.92. The zero-order chi connectivity index (χ0) is 6.41. The van der Waals surface area contributed by atoms with E-state index in [-0.39, 0.29) is 6.61 Å². The van der Waals surface area contributed by atoms with E-state index in [2.05, 4.69) is 6.92 Å². The van der Waals surface area contributed by atoms with Crippen LogP contribution in [0.3, 0.4) is 0 Å². The summed E-state index contributed by atoms with van der Waals surface area (Å²) in [5.41, 5.74) is 5.32. The largest absolute Gasteiger partial charge is 0.396 e. The van der Waals surface area contributed by atoms with Crippen LogP contribution < -0.4 is 5.73 Å².